The maximum absolute atomic E-state index is 12.9. The Balaban J connectivity index is 1.13. The van der Waals surface area contributed by atoms with Gasteiger partial charge < -0.3 is 15.0 Å². The molecule has 4 aromatic rings. The van der Waals surface area contributed by atoms with Gasteiger partial charge in [0.25, 0.3) is 0 Å². The first-order valence-electron chi connectivity index (χ1n) is 13.7. The molecule has 8 nitrogen and oxygen atoms in total. The maximum atomic E-state index is 12.9. The summed E-state index contributed by atoms with van der Waals surface area (Å²) in [5, 5.41) is 4.94. The molecule has 0 unspecified atom stereocenters. The van der Waals surface area contributed by atoms with Crippen molar-refractivity contribution < 1.29 is 9.53 Å². The number of pyridine rings is 1. The summed E-state index contributed by atoms with van der Waals surface area (Å²) in [5.41, 5.74) is 2.85. The van der Waals surface area contributed by atoms with E-state index in [9.17, 15) is 4.79 Å². The molecule has 0 radical (unpaired) electrons. The first kappa shape index (κ1) is 26.7. The molecule has 1 amide bonds. The van der Waals surface area contributed by atoms with Gasteiger partial charge in [-0.05, 0) is 68.2 Å². The van der Waals surface area contributed by atoms with E-state index in [0.29, 0.717) is 30.5 Å². The molecular weight excluding hydrogens is 544 g/mol. The third-order valence-corrected chi connectivity index (χ3v) is 8.74. The second kappa shape index (κ2) is 12.3. The minimum absolute atomic E-state index is 0.0737. The van der Waals surface area contributed by atoms with Gasteiger partial charge in [-0.1, -0.05) is 30.2 Å². The zero-order valence-corrected chi connectivity index (χ0v) is 23.8. The highest BCUT2D eigenvalue weighted by Crippen LogP contribution is 2.39. The molecule has 1 fully saturated rings. The van der Waals surface area contributed by atoms with Gasteiger partial charge >= 0.3 is 0 Å². The highest BCUT2D eigenvalue weighted by Gasteiger charge is 2.25. The van der Waals surface area contributed by atoms with E-state index in [1.54, 1.807) is 29.9 Å². The number of rotatable bonds is 8. The lowest BCUT2D eigenvalue weighted by molar-refractivity contribution is -0.126. The zero-order valence-electron chi connectivity index (χ0n) is 22.2. The normalized spacial score (nSPS) is 15.9. The third kappa shape index (κ3) is 6.11. The van der Waals surface area contributed by atoms with Crippen molar-refractivity contribution in [2.45, 2.75) is 38.8 Å². The average Bonchev–Trinajstić information content (AvgIpc) is 3.37. The van der Waals surface area contributed by atoms with E-state index >= 15 is 0 Å². The molecule has 1 aromatic carbocycles. The quantitative estimate of drug-likeness (QED) is 0.259. The molecular formula is C30H31ClN6O2S. The molecule has 0 atom stereocenters. The minimum Gasteiger partial charge on any atom is -0.486 e. The van der Waals surface area contributed by atoms with Crippen molar-refractivity contribution in [1.82, 2.24) is 24.8 Å². The van der Waals surface area contributed by atoms with E-state index in [-0.39, 0.29) is 5.91 Å². The lowest BCUT2D eigenvalue weighted by Crippen LogP contribution is -2.34. The van der Waals surface area contributed by atoms with E-state index < -0.39 is 0 Å². The Morgan fingerprint density at radius 2 is 2.00 bits per heavy atom. The standard InChI is InChI=1S/C30H31ClN6O2S/c31-24-17-21(9-10-25(24)39-19-22-7-2-3-12-32-22)35-29-28-23-11-16-37(18-26(23)40-30(28)34-20-33-29)27(38)8-6-15-36-13-4-1-5-14-36/h2-3,6-10,12,17,20H,1,4-5,11,13-16,18-19H2,(H,33,34,35)/b8-6+. The summed E-state index contributed by atoms with van der Waals surface area (Å²) in [4.78, 5) is 32.7. The van der Waals surface area contributed by atoms with Crippen LogP contribution >= 0.6 is 22.9 Å². The molecule has 0 bridgehead atoms. The van der Waals surface area contributed by atoms with Crippen molar-refractivity contribution in [1.29, 1.82) is 0 Å². The van der Waals surface area contributed by atoms with E-state index in [1.807, 2.05) is 47.4 Å². The molecule has 0 spiro atoms. The fourth-order valence-corrected chi connectivity index (χ4v) is 6.67. The molecule has 2 aliphatic rings. The van der Waals surface area contributed by atoms with Crippen LogP contribution < -0.4 is 10.1 Å². The van der Waals surface area contributed by atoms with Gasteiger partial charge in [-0.25, -0.2) is 9.97 Å². The summed E-state index contributed by atoms with van der Waals surface area (Å²) < 4.78 is 5.86. The van der Waals surface area contributed by atoms with Gasteiger partial charge in [0.15, 0.2) is 0 Å². The van der Waals surface area contributed by atoms with Crippen molar-refractivity contribution in [2.24, 2.45) is 0 Å². The monoisotopic (exact) mass is 574 g/mol. The van der Waals surface area contributed by atoms with Crippen molar-refractivity contribution in [3.63, 3.8) is 0 Å². The number of carbonyl (C=O) groups is 1. The zero-order chi connectivity index (χ0) is 27.3. The van der Waals surface area contributed by atoms with Gasteiger partial charge in [0.2, 0.25) is 5.91 Å². The summed E-state index contributed by atoms with van der Waals surface area (Å²) in [7, 11) is 0. The second-order valence-corrected chi connectivity index (χ2v) is 11.6. The van der Waals surface area contributed by atoms with Crippen LogP contribution in [0.5, 0.6) is 5.75 Å². The number of amides is 1. The van der Waals surface area contributed by atoms with Crippen LogP contribution in [-0.2, 0) is 24.4 Å². The van der Waals surface area contributed by atoms with Crippen LogP contribution in [0.2, 0.25) is 5.02 Å². The summed E-state index contributed by atoms with van der Waals surface area (Å²) >= 11 is 8.17. The molecule has 2 aliphatic heterocycles. The first-order valence-corrected chi connectivity index (χ1v) is 14.9. The largest absolute Gasteiger partial charge is 0.486 e. The summed E-state index contributed by atoms with van der Waals surface area (Å²) in [5.74, 6) is 1.40. The summed E-state index contributed by atoms with van der Waals surface area (Å²) in [6.07, 6.45) is 11.7. The smallest absolute Gasteiger partial charge is 0.246 e. The van der Waals surface area contributed by atoms with Gasteiger partial charge in [-0.2, -0.15) is 0 Å². The Morgan fingerprint density at radius 1 is 1.10 bits per heavy atom. The van der Waals surface area contributed by atoms with Crippen molar-refractivity contribution in [3.05, 3.63) is 82.2 Å². The van der Waals surface area contributed by atoms with Crippen molar-refractivity contribution >= 4 is 50.6 Å². The number of nitrogens with one attached hydrogen (secondary N) is 1. The van der Waals surface area contributed by atoms with Crippen molar-refractivity contribution in [3.8, 4) is 5.75 Å². The lowest BCUT2D eigenvalue weighted by Gasteiger charge is -2.27. The Kier molecular flexibility index (Phi) is 8.22. The molecule has 40 heavy (non-hydrogen) atoms. The van der Waals surface area contributed by atoms with Crippen LogP contribution in [-0.4, -0.2) is 56.8 Å². The molecule has 1 N–H and O–H groups in total. The number of fused-ring (bicyclic) bond motifs is 3. The van der Waals surface area contributed by atoms with E-state index in [4.69, 9.17) is 16.3 Å². The van der Waals surface area contributed by atoms with Crippen LogP contribution in [0.15, 0.2) is 61.1 Å². The van der Waals surface area contributed by atoms with Gasteiger partial charge in [-0.3, -0.25) is 14.7 Å². The predicted octanol–water partition coefficient (Wildman–Crippen LogP) is 5.99. The highest BCUT2D eigenvalue weighted by atomic mass is 35.5. The number of thiophene rings is 1. The van der Waals surface area contributed by atoms with E-state index in [1.165, 1.54) is 29.7 Å². The number of carbonyl (C=O) groups excluding carboxylic acids is 1. The summed E-state index contributed by atoms with van der Waals surface area (Å²) in [6.45, 7) is 4.71. The Bertz CT molecular complexity index is 1520. The van der Waals surface area contributed by atoms with Gasteiger partial charge in [0, 0.05) is 35.9 Å². The van der Waals surface area contributed by atoms with E-state index in [0.717, 1.165) is 53.5 Å². The molecule has 10 heteroatoms. The van der Waals surface area contributed by atoms with Crippen LogP contribution in [0.3, 0.4) is 0 Å². The molecule has 1 saturated heterocycles. The van der Waals surface area contributed by atoms with Gasteiger partial charge in [0.05, 0.1) is 22.6 Å². The molecule has 5 heterocycles. The van der Waals surface area contributed by atoms with Gasteiger partial charge in [-0.15, -0.1) is 11.3 Å². The minimum atomic E-state index is 0.0737. The third-order valence-electron chi connectivity index (χ3n) is 7.32. The number of halogens is 1. The van der Waals surface area contributed by atoms with Crippen LogP contribution in [0.4, 0.5) is 11.5 Å². The fraction of sp³-hybridized carbons (Fsp3) is 0.333. The molecule has 0 saturated carbocycles. The number of ether oxygens (including phenoxy) is 1. The van der Waals surface area contributed by atoms with E-state index in [2.05, 4.69) is 25.2 Å². The Morgan fingerprint density at radius 3 is 2.83 bits per heavy atom. The second-order valence-electron chi connectivity index (χ2n) is 10.1. The molecule has 3 aromatic heterocycles. The SMILES string of the molecule is O=C(/C=C/CN1CCCCC1)N1CCc2c(sc3ncnc(Nc4ccc(OCc5ccccn5)c(Cl)c4)c23)C1. The number of piperidine rings is 1. The number of hydrogen-bond donors (Lipinski definition) is 1. The summed E-state index contributed by atoms with van der Waals surface area (Å²) in [6, 6.07) is 11.3. The Labute approximate surface area is 242 Å². The lowest BCUT2D eigenvalue weighted by atomic mass is 10.0. The van der Waals surface area contributed by atoms with Gasteiger partial charge in [0.1, 0.15) is 29.3 Å². The number of hydrogen-bond acceptors (Lipinski definition) is 8. The number of aromatic nitrogens is 3. The number of likely N-dealkylation sites (tertiary alicyclic amines) is 1. The maximum Gasteiger partial charge on any atom is 0.246 e. The number of anilines is 2. The number of benzene rings is 1. The van der Waals surface area contributed by atoms with Crippen LogP contribution in [0, 0.1) is 0 Å². The topological polar surface area (TPSA) is 83.5 Å². The average molecular weight is 575 g/mol. The van der Waals surface area contributed by atoms with Crippen molar-refractivity contribution in [2.75, 3.05) is 31.5 Å². The van der Waals surface area contributed by atoms with Crippen LogP contribution in [0.25, 0.3) is 10.2 Å². The molecule has 206 valence electrons. The Hall–Kier alpha value is -3.53. The highest BCUT2D eigenvalue weighted by molar-refractivity contribution is 7.19. The first-order chi connectivity index (χ1) is 19.6. The number of nitrogens with zero attached hydrogens (tertiary/aromatic N) is 5. The fourth-order valence-electron chi connectivity index (χ4n) is 5.23. The predicted molar refractivity (Wildman–Crippen MR) is 159 cm³/mol. The molecule has 0 aliphatic carbocycles. The van der Waals surface area contributed by atoms with Crippen LogP contribution in [0.1, 0.15) is 35.4 Å². The molecule has 6 rings (SSSR count).